The lowest BCUT2D eigenvalue weighted by Crippen LogP contribution is -2.39. The highest BCUT2D eigenvalue weighted by molar-refractivity contribution is 7.83. The molecule has 0 radical (unpaired) electrons. The average molecular weight is 504 g/mol. The molecule has 3 N–H and O–H groups in total. The summed E-state index contributed by atoms with van der Waals surface area (Å²) in [4.78, 5) is 16.9. The molecule has 186 valence electrons. The number of hydrogen-bond donors (Lipinski definition) is 3. The van der Waals surface area contributed by atoms with Crippen LogP contribution in [0.3, 0.4) is 0 Å². The molecule has 1 heterocycles. The number of amides is 1. The molecule has 5 nitrogen and oxygen atoms in total. The van der Waals surface area contributed by atoms with Gasteiger partial charge in [0.25, 0.3) is 0 Å². The highest BCUT2D eigenvalue weighted by Gasteiger charge is 2.28. The smallest absolute Gasteiger partial charge is 0.223 e. The summed E-state index contributed by atoms with van der Waals surface area (Å²) in [5.74, 6) is -0.325. The third kappa shape index (κ3) is 5.58. The molecule has 7 heteroatoms. The lowest BCUT2D eigenvalue weighted by Gasteiger charge is -2.29. The summed E-state index contributed by atoms with van der Waals surface area (Å²) < 4.78 is 29.5. The molecule has 0 saturated heterocycles. The highest BCUT2D eigenvalue weighted by Crippen LogP contribution is 2.28. The largest absolute Gasteiger partial charge is 0.354 e. The monoisotopic (exact) mass is 503 g/mol. The van der Waals surface area contributed by atoms with Crippen LogP contribution >= 0.6 is 0 Å². The van der Waals surface area contributed by atoms with Gasteiger partial charge in [-0.25, -0.2) is 13.3 Å². The molecule has 1 saturated carbocycles. The Bertz CT molecular complexity index is 1360. The van der Waals surface area contributed by atoms with Crippen LogP contribution in [0.2, 0.25) is 0 Å². The molecular weight excluding hydrogens is 473 g/mol. The normalized spacial score (nSPS) is 19.6. The van der Waals surface area contributed by atoms with Gasteiger partial charge in [0.05, 0.1) is 10.9 Å². The molecule has 2 unspecified atom stereocenters. The second-order valence-electron chi connectivity index (χ2n) is 9.52. The number of fused-ring (bicyclic) bond motifs is 1. The van der Waals surface area contributed by atoms with Crippen molar-refractivity contribution in [1.82, 2.24) is 15.0 Å². The summed E-state index contributed by atoms with van der Waals surface area (Å²) in [7, 11) is -1.33. The first kappa shape index (κ1) is 24.4. The number of hydrogen-bond acceptors (Lipinski definition) is 2. The van der Waals surface area contributed by atoms with Crippen molar-refractivity contribution in [2.75, 3.05) is 0 Å². The zero-order chi connectivity index (χ0) is 25.1. The van der Waals surface area contributed by atoms with Gasteiger partial charge < -0.3 is 10.3 Å². The van der Waals surface area contributed by atoms with Crippen LogP contribution in [0.5, 0.6) is 0 Å². The van der Waals surface area contributed by atoms with E-state index in [9.17, 15) is 13.4 Å². The molecule has 1 fully saturated rings. The van der Waals surface area contributed by atoms with Gasteiger partial charge in [0.1, 0.15) is 16.8 Å². The molecule has 36 heavy (non-hydrogen) atoms. The van der Waals surface area contributed by atoms with Crippen molar-refractivity contribution < 1.29 is 13.4 Å². The molecule has 1 aliphatic carbocycles. The second-order valence-corrected chi connectivity index (χ2v) is 10.8. The van der Waals surface area contributed by atoms with Gasteiger partial charge in [-0.15, -0.1) is 0 Å². The lowest BCUT2D eigenvalue weighted by molar-refractivity contribution is -0.126. The SMILES string of the molecule is CC(NC(=O)C1CCC(NS(=O)c2ccc3cc(-c4ccccc4)[nH]c3c2)CC1)c1ccc(F)cc1. The van der Waals surface area contributed by atoms with Crippen molar-refractivity contribution in [3.63, 3.8) is 0 Å². The number of carbonyl (C=O) groups is 1. The minimum absolute atomic E-state index is 0.0258. The molecule has 0 bridgehead atoms. The number of rotatable bonds is 7. The number of benzene rings is 3. The van der Waals surface area contributed by atoms with Crippen LogP contribution in [0.1, 0.15) is 44.2 Å². The van der Waals surface area contributed by atoms with E-state index in [1.807, 2.05) is 43.3 Å². The first-order chi connectivity index (χ1) is 17.5. The Hall–Kier alpha value is -3.29. The Labute approximate surface area is 213 Å². The lowest BCUT2D eigenvalue weighted by atomic mass is 9.85. The molecule has 0 spiro atoms. The molecule has 0 aliphatic heterocycles. The minimum atomic E-state index is -1.33. The molecule has 1 amide bonds. The van der Waals surface area contributed by atoms with Gasteiger partial charge in [-0.2, -0.15) is 0 Å². The summed E-state index contributed by atoms with van der Waals surface area (Å²) in [5, 5.41) is 4.13. The van der Waals surface area contributed by atoms with Crippen LogP contribution in [0.4, 0.5) is 4.39 Å². The zero-order valence-corrected chi connectivity index (χ0v) is 21.0. The summed E-state index contributed by atoms with van der Waals surface area (Å²) >= 11 is 0. The summed E-state index contributed by atoms with van der Waals surface area (Å²) in [6, 6.07) is 24.2. The van der Waals surface area contributed by atoms with Crippen LogP contribution in [-0.2, 0) is 15.8 Å². The zero-order valence-electron chi connectivity index (χ0n) is 20.2. The van der Waals surface area contributed by atoms with Gasteiger partial charge in [-0.3, -0.25) is 4.79 Å². The van der Waals surface area contributed by atoms with Gasteiger partial charge >= 0.3 is 0 Å². The standard InChI is InChI=1S/C29H30FN3O2S/c1-19(20-7-12-24(30)13-8-20)31-29(34)22-9-14-25(15-10-22)33-36(35)26-16-11-23-17-27(32-28(23)18-26)21-5-3-2-4-6-21/h2-8,11-13,16-19,22,25,32-33H,9-10,14-15H2,1H3,(H,31,34). The molecular formula is C29H30FN3O2S. The molecule has 3 aromatic carbocycles. The fourth-order valence-electron chi connectivity index (χ4n) is 4.85. The number of H-pyrrole nitrogens is 1. The minimum Gasteiger partial charge on any atom is -0.354 e. The van der Waals surface area contributed by atoms with E-state index in [2.05, 4.69) is 33.2 Å². The van der Waals surface area contributed by atoms with E-state index in [4.69, 9.17) is 0 Å². The highest BCUT2D eigenvalue weighted by atomic mass is 32.2. The van der Waals surface area contributed by atoms with Gasteiger partial charge in [-0.1, -0.05) is 48.5 Å². The van der Waals surface area contributed by atoms with Crippen LogP contribution in [0.25, 0.3) is 22.2 Å². The van der Waals surface area contributed by atoms with Crippen molar-refractivity contribution >= 4 is 27.8 Å². The van der Waals surface area contributed by atoms with Crippen molar-refractivity contribution in [2.24, 2.45) is 5.92 Å². The van der Waals surface area contributed by atoms with Crippen LogP contribution in [-0.4, -0.2) is 21.1 Å². The van der Waals surface area contributed by atoms with E-state index in [-0.39, 0.29) is 29.7 Å². The van der Waals surface area contributed by atoms with Crippen molar-refractivity contribution in [3.8, 4) is 11.3 Å². The number of aromatic amines is 1. The Morgan fingerprint density at radius 3 is 2.42 bits per heavy atom. The fraction of sp³-hybridized carbons (Fsp3) is 0.276. The van der Waals surface area contributed by atoms with Crippen LogP contribution < -0.4 is 10.0 Å². The Morgan fingerprint density at radius 1 is 0.972 bits per heavy atom. The maximum Gasteiger partial charge on any atom is 0.223 e. The quantitative estimate of drug-likeness (QED) is 0.288. The maximum atomic E-state index is 13.2. The predicted octanol–water partition coefficient (Wildman–Crippen LogP) is 6.02. The molecule has 4 aromatic rings. The van der Waals surface area contributed by atoms with E-state index < -0.39 is 11.0 Å². The van der Waals surface area contributed by atoms with Crippen molar-refractivity contribution in [1.29, 1.82) is 0 Å². The van der Waals surface area contributed by atoms with Gasteiger partial charge in [-0.05, 0) is 74.1 Å². The number of nitrogens with one attached hydrogen (secondary N) is 3. The topological polar surface area (TPSA) is 74.0 Å². The Balaban J connectivity index is 1.15. The fourth-order valence-corrected chi connectivity index (χ4v) is 5.94. The summed E-state index contributed by atoms with van der Waals surface area (Å²) in [5.41, 5.74) is 3.98. The maximum absolute atomic E-state index is 13.2. The van der Waals surface area contributed by atoms with E-state index in [0.29, 0.717) is 0 Å². The predicted molar refractivity (Wildman–Crippen MR) is 142 cm³/mol. The van der Waals surface area contributed by atoms with E-state index >= 15 is 0 Å². The van der Waals surface area contributed by atoms with Crippen LogP contribution in [0, 0.1) is 11.7 Å². The first-order valence-electron chi connectivity index (χ1n) is 12.4. The third-order valence-electron chi connectivity index (χ3n) is 6.99. The number of carbonyl (C=O) groups excluding carboxylic acids is 1. The second kappa shape index (κ2) is 10.8. The molecule has 1 aromatic heterocycles. The van der Waals surface area contributed by atoms with Crippen molar-refractivity contribution in [2.45, 2.75) is 49.6 Å². The third-order valence-corrected chi connectivity index (χ3v) is 8.22. The summed E-state index contributed by atoms with van der Waals surface area (Å²) in [6.07, 6.45) is 3.06. The van der Waals surface area contributed by atoms with E-state index in [1.165, 1.54) is 12.1 Å². The molecule has 1 aliphatic rings. The van der Waals surface area contributed by atoms with Gasteiger partial charge in [0, 0.05) is 28.6 Å². The molecule has 2 atom stereocenters. The van der Waals surface area contributed by atoms with Gasteiger partial charge in [0.2, 0.25) is 5.91 Å². The van der Waals surface area contributed by atoms with Gasteiger partial charge in [0.15, 0.2) is 0 Å². The Morgan fingerprint density at radius 2 is 1.69 bits per heavy atom. The van der Waals surface area contributed by atoms with Crippen LogP contribution in [0.15, 0.2) is 83.8 Å². The van der Waals surface area contributed by atoms with E-state index in [1.54, 1.807) is 12.1 Å². The summed E-state index contributed by atoms with van der Waals surface area (Å²) in [6.45, 7) is 1.91. The molecule has 5 rings (SSSR count). The van der Waals surface area contributed by atoms with E-state index in [0.717, 1.165) is 58.3 Å². The number of aromatic nitrogens is 1. The Kier molecular flexibility index (Phi) is 7.30. The number of halogens is 1. The average Bonchev–Trinajstić information content (AvgIpc) is 3.33. The first-order valence-corrected chi connectivity index (χ1v) is 13.5. The van der Waals surface area contributed by atoms with Crippen molar-refractivity contribution in [3.05, 3.63) is 90.2 Å².